The van der Waals surface area contributed by atoms with Crippen LogP contribution in [-0.2, 0) is 0 Å². The summed E-state index contributed by atoms with van der Waals surface area (Å²) in [6.45, 7) is -17.4. The van der Waals surface area contributed by atoms with E-state index in [2.05, 4.69) is 0 Å². The molecule has 0 aromatic heterocycles. The molecule has 2 aromatic rings. The molecule has 25 heavy (non-hydrogen) atoms. The Balaban J connectivity index is 1.72. The maximum Gasteiger partial charge on any atom is 0.0661 e. The van der Waals surface area contributed by atoms with Crippen molar-refractivity contribution >= 4 is 34.7 Å². The molecule has 2 aliphatic heterocycles. The third-order valence-corrected chi connectivity index (χ3v) is 4.98. The van der Waals surface area contributed by atoms with E-state index in [0.717, 1.165) is 0 Å². The van der Waals surface area contributed by atoms with Crippen LogP contribution in [-0.4, -0.2) is 55.9 Å². The number of anilines is 2. The van der Waals surface area contributed by atoms with Crippen molar-refractivity contribution in [1.82, 2.24) is 9.80 Å². The number of piperazine rings is 1. The second kappa shape index (κ2) is 7.58. The molecule has 0 aliphatic carbocycles. The van der Waals surface area contributed by atoms with Crippen molar-refractivity contribution in [2.75, 3.05) is 51.0 Å². The number of halogens is 1. The van der Waals surface area contributed by atoms with Crippen molar-refractivity contribution in [2.24, 2.45) is 0 Å². The SMILES string of the molecule is [2H]c1c([2H])c2c(c([2H])c1Cl)N(CCCN1C([2H])([2H])C([2H])([2H])N(C([2H])([2H])[2H])C([2H])([2H])C1([2H])[2H])c1ccccc1S2. The minimum absolute atomic E-state index is 0.00120. The predicted molar refractivity (Wildman–Crippen MR) is 108 cm³/mol. The number of nitrogens with zero attached hydrogens (tertiary/aromatic N) is 3. The van der Waals surface area contributed by atoms with Crippen molar-refractivity contribution in [2.45, 2.75) is 16.2 Å². The van der Waals surface area contributed by atoms with Crippen LogP contribution in [0, 0.1) is 0 Å². The van der Waals surface area contributed by atoms with Crippen LogP contribution in [0.2, 0.25) is 5.02 Å². The Labute approximate surface area is 179 Å². The van der Waals surface area contributed by atoms with E-state index in [4.69, 9.17) is 30.8 Å². The molecule has 2 heterocycles. The molecule has 5 heteroatoms. The zero-order valence-electron chi connectivity index (χ0n) is 27.1. The van der Waals surface area contributed by atoms with Crippen molar-refractivity contribution in [3.05, 3.63) is 47.4 Å². The molecule has 0 radical (unpaired) electrons. The van der Waals surface area contributed by atoms with Crippen LogP contribution in [0.3, 0.4) is 0 Å². The van der Waals surface area contributed by atoms with Gasteiger partial charge in [-0.1, -0.05) is 35.5 Å². The van der Waals surface area contributed by atoms with Gasteiger partial charge in [-0.15, -0.1) is 0 Å². The zero-order chi connectivity index (χ0) is 29.5. The molecule has 132 valence electrons. The lowest BCUT2D eigenvalue weighted by Gasteiger charge is -2.35. The summed E-state index contributed by atoms with van der Waals surface area (Å²) in [6, 6.07) is 6.38. The number of rotatable bonds is 4. The van der Waals surface area contributed by atoms with Gasteiger partial charge in [-0.25, -0.2) is 0 Å². The van der Waals surface area contributed by atoms with E-state index in [1.807, 2.05) is 0 Å². The molecule has 0 N–H and O–H groups in total. The van der Waals surface area contributed by atoms with Crippen LogP contribution in [0.1, 0.15) is 25.6 Å². The summed E-state index contributed by atoms with van der Waals surface area (Å²) in [5, 5.41) is -0.224. The van der Waals surface area contributed by atoms with Crippen LogP contribution in [0.5, 0.6) is 0 Å². The van der Waals surface area contributed by atoms with Gasteiger partial charge in [-0.05, 0) is 50.2 Å². The quantitative estimate of drug-likeness (QED) is 0.759. The first-order valence-corrected chi connectivity index (χ1v) is 8.82. The van der Waals surface area contributed by atoms with E-state index >= 15 is 0 Å². The number of hydrogen-bond acceptors (Lipinski definition) is 4. The number of fused-ring (bicyclic) bond motifs is 2. The normalized spacial score (nSPS) is 34.8. The first-order valence-electron chi connectivity index (χ1n) is 14.6. The van der Waals surface area contributed by atoms with Gasteiger partial charge in [-0.3, -0.25) is 0 Å². The molecule has 0 saturated carbocycles. The molecule has 0 amide bonds. The average molecular weight is 388 g/mol. The van der Waals surface area contributed by atoms with Crippen molar-refractivity contribution in [3.8, 4) is 0 Å². The molecular formula is C20H24ClN3S. The van der Waals surface area contributed by atoms with Gasteiger partial charge in [-0.2, -0.15) is 0 Å². The van der Waals surface area contributed by atoms with Gasteiger partial charge in [0.2, 0.25) is 0 Å². The molecular weight excluding hydrogens is 350 g/mol. The summed E-state index contributed by atoms with van der Waals surface area (Å²) in [5.41, 5.74) is 0.870. The average Bonchev–Trinajstić information content (AvgIpc) is 2.80. The highest BCUT2D eigenvalue weighted by atomic mass is 35.5. The van der Waals surface area contributed by atoms with Crippen LogP contribution >= 0.6 is 23.4 Å². The second-order valence-corrected chi connectivity index (χ2v) is 6.81. The summed E-state index contributed by atoms with van der Waals surface area (Å²) < 4.78 is 114. The van der Waals surface area contributed by atoms with Gasteiger partial charge >= 0.3 is 0 Å². The van der Waals surface area contributed by atoms with Gasteiger partial charge in [0.15, 0.2) is 0 Å². The fraction of sp³-hybridized carbons (Fsp3) is 0.400. The zero-order valence-corrected chi connectivity index (χ0v) is 14.6. The molecule has 2 aromatic carbocycles. The molecule has 2 aliphatic rings. The Bertz CT molecular complexity index is 1270. The van der Waals surface area contributed by atoms with Crippen molar-refractivity contribution < 1.29 is 19.2 Å². The van der Waals surface area contributed by atoms with Crippen molar-refractivity contribution in [3.63, 3.8) is 0 Å². The van der Waals surface area contributed by atoms with Crippen LogP contribution in [0.4, 0.5) is 11.4 Å². The molecule has 0 spiro atoms. The van der Waals surface area contributed by atoms with E-state index in [1.165, 1.54) is 11.8 Å². The highest BCUT2D eigenvalue weighted by Gasteiger charge is 2.23. The summed E-state index contributed by atoms with van der Waals surface area (Å²) in [7, 11) is 0. The first-order chi connectivity index (χ1) is 17.7. The van der Waals surface area contributed by atoms with E-state index in [-0.39, 0.29) is 46.7 Å². The minimum atomic E-state index is -3.48. The van der Waals surface area contributed by atoms with E-state index in [0.29, 0.717) is 20.4 Å². The molecule has 1 saturated heterocycles. The van der Waals surface area contributed by atoms with E-state index < -0.39 is 39.5 Å². The van der Waals surface area contributed by atoms with Gasteiger partial charge in [0, 0.05) is 62.4 Å². The largest absolute Gasteiger partial charge is 0.340 e. The highest BCUT2D eigenvalue weighted by Crippen LogP contribution is 2.48. The molecule has 3 nitrogen and oxygen atoms in total. The lowest BCUT2D eigenvalue weighted by atomic mass is 10.2. The summed E-state index contributed by atoms with van der Waals surface area (Å²) >= 11 is 7.38. The number of hydrogen-bond donors (Lipinski definition) is 0. The van der Waals surface area contributed by atoms with Gasteiger partial charge in [0.05, 0.1) is 15.5 Å². The van der Waals surface area contributed by atoms with Gasteiger partial charge in [0.25, 0.3) is 0 Å². The predicted octanol–water partition coefficient (Wildman–Crippen LogP) is 4.58. The van der Waals surface area contributed by atoms with Crippen molar-refractivity contribution in [1.29, 1.82) is 0 Å². The molecule has 0 bridgehead atoms. The minimum Gasteiger partial charge on any atom is -0.340 e. The molecule has 1 fully saturated rings. The Morgan fingerprint density at radius 1 is 1.12 bits per heavy atom. The third-order valence-electron chi connectivity index (χ3n) is 3.72. The lowest BCUT2D eigenvalue weighted by molar-refractivity contribution is 0.153. The smallest absolute Gasteiger partial charge is 0.0661 e. The number of likely N-dealkylation sites (N-methyl/N-ethyl adjacent to an activating group) is 1. The molecule has 4 rings (SSSR count). The van der Waals surface area contributed by atoms with Gasteiger partial charge in [0.1, 0.15) is 0 Å². The van der Waals surface area contributed by atoms with Crippen LogP contribution in [0.15, 0.2) is 52.2 Å². The standard InChI is InChI=1S/C20H24ClN3S/c1-22-11-13-23(14-12-22)9-4-10-24-17-5-2-3-6-19(17)25-20-8-7-16(21)15-18(20)24/h2-3,5-8,15H,4,9-14H2,1H3/i1D3,7D,8D,11D2,12D2,13D2,14D2,15D. The highest BCUT2D eigenvalue weighted by molar-refractivity contribution is 7.99. The Kier molecular flexibility index (Phi) is 2.25. The fourth-order valence-electron chi connectivity index (χ4n) is 2.63. The Morgan fingerprint density at radius 3 is 2.80 bits per heavy atom. The third kappa shape index (κ3) is 3.82. The summed E-state index contributed by atoms with van der Waals surface area (Å²) in [5.74, 6) is 0. The topological polar surface area (TPSA) is 9.72 Å². The maximum absolute atomic E-state index is 8.55. The van der Waals surface area contributed by atoms with Gasteiger partial charge < -0.3 is 14.7 Å². The Morgan fingerprint density at radius 2 is 1.96 bits per heavy atom. The van der Waals surface area contributed by atoms with Crippen LogP contribution in [0.25, 0.3) is 0 Å². The second-order valence-electron chi connectivity index (χ2n) is 5.38. The number of para-hydroxylation sites is 1. The molecule has 0 unspecified atom stereocenters. The maximum atomic E-state index is 8.55. The lowest BCUT2D eigenvalue weighted by Crippen LogP contribution is -2.45. The fourth-order valence-corrected chi connectivity index (χ4v) is 3.78. The summed E-state index contributed by atoms with van der Waals surface area (Å²) in [4.78, 5) is 2.67. The molecule has 0 atom stereocenters. The number of benzene rings is 2. The summed E-state index contributed by atoms with van der Waals surface area (Å²) in [6.07, 6.45) is -0.0790. The van der Waals surface area contributed by atoms with E-state index in [9.17, 15) is 0 Å². The van der Waals surface area contributed by atoms with E-state index in [1.54, 1.807) is 29.2 Å². The first kappa shape index (κ1) is 7.43. The monoisotopic (exact) mass is 387 g/mol. The Hall–Kier alpha value is -1.20. The van der Waals surface area contributed by atoms with Crippen LogP contribution < -0.4 is 4.90 Å².